The number of benzene rings is 1. The normalized spacial score (nSPS) is 17.2. The quantitative estimate of drug-likeness (QED) is 0.532. The molecule has 50 valence electrons. The van der Waals surface area contributed by atoms with Crippen molar-refractivity contribution in [2.45, 2.75) is 4.90 Å². The molecular formula is C8H7PS. The summed E-state index contributed by atoms with van der Waals surface area (Å²) in [5, 5.41) is 0. The van der Waals surface area contributed by atoms with Crippen LogP contribution < -0.4 is 0 Å². The molecule has 2 rings (SSSR count). The van der Waals surface area contributed by atoms with Gasteiger partial charge in [-0.15, -0.1) is 0 Å². The zero-order chi connectivity index (χ0) is 6.81. The van der Waals surface area contributed by atoms with Gasteiger partial charge in [-0.05, 0) is 19.4 Å². The topological polar surface area (TPSA) is 0 Å². The minimum Gasteiger partial charge on any atom is -0.0971 e. The fraction of sp³-hybridized carbons (Fsp3) is 0. The van der Waals surface area contributed by atoms with E-state index in [-0.39, 0.29) is 0 Å². The Morgan fingerprint density at radius 1 is 1.20 bits per heavy atom. The highest BCUT2D eigenvalue weighted by Crippen LogP contribution is 2.44. The number of fused-ring (bicyclic) bond motifs is 1. The highest BCUT2D eigenvalue weighted by molar-refractivity contribution is 8.50. The Bertz CT molecular complexity index is 268. The first-order valence-electron chi connectivity index (χ1n) is 3.15. The van der Waals surface area contributed by atoms with Crippen LogP contribution in [0.25, 0.3) is 6.08 Å². The zero-order valence-corrected chi connectivity index (χ0v) is 7.19. The first kappa shape index (κ1) is 6.45. The molecule has 0 spiro atoms. The predicted molar refractivity (Wildman–Crippen MR) is 49.6 cm³/mol. The molecule has 0 amide bonds. The van der Waals surface area contributed by atoms with E-state index < -0.39 is 0 Å². The summed E-state index contributed by atoms with van der Waals surface area (Å²) >= 11 is 1.93. The van der Waals surface area contributed by atoms with Crippen molar-refractivity contribution in [3.63, 3.8) is 0 Å². The Balaban J connectivity index is 2.54. The third kappa shape index (κ3) is 1.12. The Kier molecular flexibility index (Phi) is 1.79. The SMILES string of the molecule is C1=Cc2ccccc2SP1. The molecule has 0 nitrogen and oxygen atoms in total. The summed E-state index contributed by atoms with van der Waals surface area (Å²) in [4.78, 5) is 1.42. The Morgan fingerprint density at radius 2 is 2.10 bits per heavy atom. The maximum absolute atomic E-state index is 2.23. The van der Waals surface area contributed by atoms with Gasteiger partial charge in [0.2, 0.25) is 0 Å². The molecule has 1 aliphatic rings. The van der Waals surface area contributed by atoms with Crippen LogP contribution in [-0.4, -0.2) is 0 Å². The molecule has 1 unspecified atom stereocenters. The van der Waals surface area contributed by atoms with Crippen LogP contribution in [0.15, 0.2) is 35.0 Å². The lowest BCUT2D eigenvalue weighted by Crippen LogP contribution is -1.77. The van der Waals surface area contributed by atoms with Crippen LogP contribution in [0.4, 0.5) is 0 Å². The molecular weight excluding hydrogens is 159 g/mol. The number of hydrogen-bond donors (Lipinski definition) is 0. The fourth-order valence-electron chi connectivity index (χ4n) is 0.932. The van der Waals surface area contributed by atoms with Crippen molar-refractivity contribution in [1.29, 1.82) is 0 Å². The molecule has 0 saturated carbocycles. The van der Waals surface area contributed by atoms with Gasteiger partial charge < -0.3 is 0 Å². The highest BCUT2D eigenvalue weighted by Gasteiger charge is 2.01. The second-order valence-corrected chi connectivity index (χ2v) is 4.62. The molecule has 1 aromatic rings. The Labute approximate surface area is 66.3 Å². The number of rotatable bonds is 0. The molecule has 0 saturated heterocycles. The van der Waals surface area contributed by atoms with E-state index in [2.05, 4.69) is 36.2 Å². The largest absolute Gasteiger partial charge is 0.0971 e. The summed E-state index contributed by atoms with van der Waals surface area (Å²) in [7, 11) is 0.905. The average molecular weight is 166 g/mol. The van der Waals surface area contributed by atoms with E-state index in [1.165, 1.54) is 10.5 Å². The van der Waals surface area contributed by atoms with Crippen LogP contribution in [0.3, 0.4) is 0 Å². The van der Waals surface area contributed by atoms with Crippen LogP contribution in [0.5, 0.6) is 0 Å². The Morgan fingerprint density at radius 3 is 3.00 bits per heavy atom. The Hall–Kier alpha value is -0.260. The number of hydrogen-bond acceptors (Lipinski definition) is 1. The van der Waals surface area contributed by atoms with Gasteiger partial charge in [-0.2, -0.15) is 0 Å². The lowest BCUT2D eigenvalue weighted by atomic mass is 10.2. The molecule has 1 atom stereocenters. The van der Waals surface area contributed by atoms with Crippen LogP contribution >= 0.6 is 19.2 Å². The second-order valence-electron chi connectivity index (χ2n) is 2.09. The van der Waals surface area contributed by atoms with Gasteiger partial charge in [-0.1, -0.05) is 41.5 Å². The van der Waals surface area contributed by atoms with Crippen LogP contribution in [0.2, 0.25) is 0 Å². The van der Waals surface area contributed by atoms with E-state index in [4.69, 9.17) is 0 Å². The molecule has 0 aliphatic carbocycles. The molecule has 10 heavy (non-hydrogen) atoms. The van der Waals surface area contributed by atoms with Crippen molar-refractivity contribution < 1.29 is 0 Å². The molecule has 2 heteroatoms. The van der Waals surface area contributed by atoms with Crippen LogP contribution in [0.1, 0.15) is 5.56 Å². The van der Waals surface area contributed by atoms with E-state index in [0.29, 0.717) is 0 Å². The maximum atomic E-state index is 2.23. The molecule has 0 radical (unpaired) electrons. The highest BCUT2D eigenvalue weighted by atomic mass is 32.7. The summed E-state index contributed by atoms with van der Waals surface area (Å²) in [6, 6.07) is 8.51. The van der Waals surface area contributed by atoms with Gasteiger partial charge in [-0.3, -0.25) is 0 Å². The summed E-state index contributed by atoms with van der Waals surface area (Å²) in [6.45, 7) is 0. The van der Waals surface area contributed by atoms with E-state index in [0.717, 1.165) is 7.78 Å². The first-order valence-corrected chi connectivity index (χ1v) is 5.76. The van der Waals surface area contributed by atoms with Crippen LogP contribution in [0, 0.1) is 0 Å². The maximum Gasteiger partial charge on any atom is 0.0189 e. The first-order chi connectivity index (χ1) is 4.97. The van der Waals surface area contributed by atoms with Crippen molar-refractivity contribution in [1.82, 2.24) is 0 Å². The molecule has 0 fully saturated rings. The third-order valence-corrected chi connectivity index (χ3v) is 3.85. The second kappa shape index (κ2) is 2.77. The van der Waals surface area contributed by atoms with Crippen molar-refractivity contribution in [2.24, 2.45) is 0 Å². The summed E-state index contributed by atoms with van der Waals surface area (Å²) < 4.78 is 0. The monoisotopic (exact) mass is 166 g/mol. The average Bonchev–Trinajstić information content (AvgIpc) is 2.05. The molecule has 1 heterocycles. The van der Waals surface area contributed by atoms with Crippen molar-refractivity contribution in [3.8, 4) is 0 Å². The summed E-state index contributed by atoms with van der Waals surface area (Å²) in [5.41, 5.74) is 1.37. The van der Waals surface area contributed by atoms with Gasteiger partial charge in [0.25, 0.3) is 0 Å². The molecule has 0 aromatic heterocycles. The standard InChI is InChI=1S/C8H7PS/c1-2-4-8-7(3-1)5-6-9-10-8/h1-6,9H. The minimum absolute atomic E-state index is 0.905. The van der Waals surface area contributed by atoms with Gasteiger partial charge >= 0.3 is 0 Å². The van der Waals surface area contributed by atoms with Gasteiger partial charge in [0.1, 0.15) is 0 Å². The van der Waals surface area contributed by atoms with E-state index >= 15 is 0 Å². The third-order valence-electron chi connectivity index (χ3n) is 1.42. The summed E-state index contributed by atoms with van der Waals surface area (Å²) in [6.07, 6.45) is 2.20. The zero-order valence-electron chi connectivity index (χ0n) is 5.37. The van der Waals surface area contributed by atoms with Crippen molar-refractivity contribution in [2.75, 3.05) is 0 Å². The van der Waals surface area contributed by atoms with E-state index in [1.54, 1.807) is 0 Å². The van der Waals surface area contributed by atoms with Gasteiger partial charge in [0, 0.05) is 4.90 Å². The van der Waals surface area contributed by atoms with Gasteiger partial charge in [-0.25, -0.2) is 0 Å². The minimum atomic E-state index is 0.905. The predicted octanol–water partition coefficient (Wildman–Crippen LogP) is 3.36. The van der Waals surface area contributed by atoms with E-state index in [9.17, 15) is 0 Å². The van der Waals surface area contributed by atoms with Crippen molar-refractivity contribution >= 4 is 25.2 Å². The fourth-order valence-corrected chi connectivity index (χ4v) is 3.12. The smallest absolute Gasteiger partial charge is 0.0189 e. The van der Waals surface area contributed by atoms with E-state index in [1.807, 2.05) is 11.4 Å². The molecule has 1 aromatic carbocycles. The lowest BCUT2D eigenvalue weighted by molar-refractivity contribution is 1.43. The lowest BCUT2D eigenvalue weighted by Gasteiger charge is -2.07. The summed E-state index contributed by atoms with van der Waals surface area (Å²) in [5.74, 6) is 2.23. The molecule has 0 bridgehead atoms. The molecule has 0 N–H and O–H groups in total. The van der Waals surface area contributed by atoms with Crippen LogP contribution in [-0.2, 0) is 0 Å². The molecule has 1 aliphatic heterocycles. The van der Waals surface area contributed by atoms with Crippen molar-refractivity contribution in [3.05, 3.63) is 35.6 Å². The van der Waals surface area contributed by atoms with Gasteiger partial charge in [0.15, 0.2) is 0 Å². The van der Waals surface area contributed by atoms with Gasteiger partial charge in [0.05, 0.1) is 0 Å².